The highest BCUT2D eigenvalue weighted by Gasteiger charge is 2.33. The van der Waals surface area contributed by atoms with E-state index in [1.807, 2.05) is 18.4 Å². The number of nitrogens with zero attached hydrogens (tertiary/aromatic N) is 2. The molecule has 0 bridgehead atoms. The number of thiophene rings is 1. The second kappa shape index (κ2) is 8.82. The summed E-state index contributed by atoms with van der Waals surface area (Å²) in [4.78, 5) is 9.19. The van der Waals surface area contributed by atoms with Gasteiger partial charge in [-0.15, -0.1) is 22.7 Å². The van der Waals surface area contributed by atoms with Gasteiger partial charge in [0.15, 0.2) is 11.7 Å². The molecule has 0 aliphatic rings. The first-order chi connectivity index (χ1) is 11.4. The third kappa shape index (κ3) is 6.06. The smallest absolute Gasteiger partial charge is 0.357 e. The zero-order valence-corrected chi connectivity index (χ0v) is 16.0. The van der Waals surface area contributed by atoms with E-state index >= 15 is 0 Å². The van der Waals surface area contributed by atoms with Crippen molar-refractivity contribution in [2.75, 3.05) is 13.1 Å². The van der Waals surface area contributed by atoms with Gasteiger partial charge in [0.2, 0.25) is 0 Å². The predicted molar refractivity (Wildman–Crippen MR) is 95.7 cm³/mol. The quantitative estimate of drug-likeness (QED) is 0.520. The van der Waals surface area contributed by atoms with Gasteiger partial charge >= 0.3 is 6.18 Å². The van der Waals surface area contributed by atoms with Crippen LogP contribution < -0.4 is 10.6 Å². The van der Waals surface area contributed by atoms with Gasteiger partial charge in [0, 0.05) is 39.6 Å². The molecular formula is C14H16BrF3N4S2. The summed E-state index contributed by atoms with van der Waals surface area (Å²) in [5.41, 5.74) is -0.827. The van der Waals surface area contributed by atoms with E-state index in [1.54, 1.807) is 11.3 Å². The third-order valence-corrected chi connectivity index (χ3v) is 5.42. The molecule has 0 unspecified atom stereocenters. The highest BCUT2D eigenvalue weighted by atomic mass is 79.9. The fraction of sp³-hybridized carbons (Fsp3) is 0.429. The lowest BCUT2D eigenvalue weighted by molar-refractivity contribution is -0.140. The average molecular weight is 441 g/mol. The van der Waals surface area contributed by atoms with Crippen molar-refractivity contribution in [1.29, 1.82) is 0 Å². The van der Waals surface area contributed by atoms with Crippen LogP contribution in [0, 0.1) is 0 Å². The maximum absolute atomic E-state index is 12.5. The largest absolute Gasteiger partial charge is 0.434 e. The number of thiazole rings is 1. The minimum absolute atomic E-state index is 0.412. The van der Waals surface area contributed by atoms with Gasteiger partial charge in [-0.05, 0) is 28.9 Å². The van der Waals surface area contributed by atoms with E-state index in [0.717, 1.165) is 26.1 Å². The zero-order chi connectivity index (χ0) is 17.6. The van der Waals surface area contributed by atoms with Crippen LogP contribution in [0.25, 0.3) is 0 Å². The van der Waals surface area contributed by atoms with Gasteiger partial charge in [0.1, 0.15) is 0 Å². The predicted octanol–water partition coefficient (Wildman–Crippen LogP) is 4.28. The monoisotopic (exact) mass is 440 g/mol. The summed E-state index contributed by atoms with van der Waals surface area (Å²) in [7, 11) is 0. The van der Waals surface area contributed by atoms with Crippen LogP contribution in [0.15, 0.2) is 26.3 Å². The second-order valence-electron chi connectivity index (χ2n) is 4.73. The number of alkyl halides is 3. The van der Waals surface area contributed by atoms with E-state index in [1.165, 1.54) is 0 Å². The Morgan fingerprint density at radius 2 is 2.08 bits per heavy atom. The second-order valence-corrected chi connectivity index (χ2v) is 7.58. The first-order valence-electron chi connectivity index (χ1n) is 7.15. The van der Waals surface area contributed by atoms with Crippen LogP contribution in [0.4, 0.5) is 13.2 Å². The van der Waals surface area contributed by atoms with Gasteiger partial charge < -0.3 is 10.6 Å². The lowest BCUT2D eigenvalue weighted by Crippen LogP contribution is -2.38. The van der Waals surface area contributed by atoms with E-state index in [9.17, 15) is 13.2 Å². The first-order valence-corrected chi connectivity index (χ1v) is 9.70. The molecule has 4 nitrogen and oxygen atoms in total. The molecule has 0 aliphatic heterocycles. The Labute approximate surface area is 154 Å². The van der Waals surface area contributed by atoms with Crippen molar-refractivity contribution in [2.24, 2.45) is 4.99 Å². The summed E-state index contributed by atoms with van der Waals surface area (Å²) in [6.45, 7) is 3.66. The van der Waals surface area contributed by atoms with Gasteiger partial charge in [-0.1, -0.05) is 0 Å². The number of halogens is 4. The molecule has 0 aliphatic carbocycles. The minimum Gasteiger partial charge on any atom is -0.357 e. The Kier molecular flexibility index (Phi) is 7.05. The van der Waals surface area contributed by atoms with Crippen LogP contribution in [0.2, 0.25) is 0 Å². The van der Waals surface area contributed by atoms with Gasteiger partial charge in [0.25, 0.3) is 0 Å². The van der Waals surface area contributed by atoms with Crippen LogP contribution in [0.3, 0.4) is 0 Å². The Morgan fingerprint density at radius 1 is 1.29 bits per heavy atom. The fourth-order valence-electron chi connectivity index (χ4n) is 1.78. The molecule has 0 atom stereocenters. The number of nitrogens with one attached hydrogen (secondary N) is 2. The van der Waals surface area contributed by atoms with E-state index in [0.29, 0.717) is 37.0 Å². The van der Waals surface area contributed by atoms with E-state index in [-0.39, 0.29) is 0 Å². The molecule has 0 radical (unpaired) electrons. The molecule has 0 saturated heterocycles. The molecule has 2 heterocycles. The normalized spacial score (nSPS) is 12.5. The van der Waals surface area contributed by atoms with Gasteiger partial charge in [-0.3, -0.25) is 0 Å². The molecule has 2 aromatic rings. The molecule has 132 valence electrons. The molecule has 0 saturated carbocycles. The molecule has 2 N–H and O–H groups in total. The topological polar surface area (TPSA) is 49.3 Å². The van der Waals surface area contributed by atoms with Gasteiger partial charge in [-0.2, -0.15) is 13.2 Å². The number of hydrogen-bond acceptors (Lipinski definition) is 4. The summed E-state index contributed by atoms with van der Waals surface area (Å²) < 4.78 is 38.6. The fourth-order valence-corrected chi connectivity index (χ4v) is 3.96. The van der Waals surface area contributed by atoms with Crippen LogP contribution in [-0.4, -0.2) is 24.0 Å². The van der Waals surface area contributed by atoms with Crippen LogP contribution in [0.1, 0.15) is 22.5 Å². The number of aliphatic imine (C=N–C) groups is 1. The van der Waals surface area contributed by atoms with Gasteiger partial charge in [-0.25, -0.2) is 9.98 Å². The standard InChI is InChI=1S/C14H16BrF3N4S2/c1-2-19-13(21-6-10-5-9(15)7-23-10)20-4-3-12-22-11(8-24-12)14(16,17)18/h5,7-8H,2-4,6H2,1H3,(H2,19,20,21). The van der Waals surface area contributed by atoms with Crippen molar-refractivity contribution >= 4 is 44.6 Å². The van der Waals surface area contributed by atoms with Crippen molar-refractivity contribution in [3.05, 3.63) is 36.9 Å². The number of aromatic nitrogens is 1. The molecule has 24 heavy (non-hydrogen) atoms. The average Bonchev–Trinajstić information content (AvgIpc) is 3.13. The summed E-state index contributed by atoms with van der Waals surface area (Å²) >= 11 is 6.03. The van der Waals surface area contributed by atoms with E-state index < -0.39 is 11.9 Å². The highest BCUT2D eigenvalue weighted by molar-refractivity contribution is 9.10. The van der Waals surface area contributed by atoms with Crippen LogP contribution in [0.5, 0.6) is 0 Å². The molecule has 0 aromatic carbocycles. The van der Waals surface area contributed by atoms with E-state index in [4.69, 9.17) is 0 Å². The molecule has 2 rings (SSSR count). The molecular weight excluding hydrogens is 425 g/mol. The zero-order valence-electron chi connectivity index (χ0n) is 12.8. The molecule has 2 aromatic heterocycles. The van der Waals surface area contributed by atoms with E-state index in [2.05, 4.69) is 36.5 Å². The van der Waals surface area contributed by atoms with Crippen molar-refractivity contribution < 1.29 is 13.2 Å². The molecule has 0 fully saturated rings. The summed E-state index contributed by atoms with van der Waals surface area (Å²) in [5, 5.41) is 9.71. The van der Waals surface area contributed by atoms with Gasteiger partial charge in [0.05, 0.1) is 11.6 Å². The van der Waals surface area contributed by atoms with Crippen molar-refractivity contribution in [3.8, 4) is 0 Å². The summed E-state index contributed by atoms with van der Waals surface area (Å²) in [6, 6.07) is 2.01. The first kappa shape index (κ1) is 19.2. The molecule has 0 amide bonds. The maximum Gasteiger partial charge on any atom is 0.434 e. The Morgan fingerprint density at radius 3 is 2.67 bits per heavy atom. The Balaban J connectivity index is 1.85. The molecule has 10 heteroatoms. The summed E-state index contributed by atoms with van der Waals surface area (Å²) in [5.74, 6) is 0.634. The lowest BCUT2D eigenvalue weighted by atomic mass is 10.4. The lowest BCUT2D eigenvalue weighted by Gasteiger charge is -2.10. The highest BCUT2D eigenvalue weighted by Crippen LogP contribution is 2.30. The Bertz CT molecular complexity index is 682. The van der Waals surface area contributed by atoms with Crippen molar-refractivity contribution in [2.45, 2.75) is 26.1 Å². The number of rotatable bonds is 6. The maximum atomic E-state index is 12.5. The number of guanidine groups is 1. The molecule has 0 spiro atoms. The minimum atomic E-state index is -4.38. The third-order valence-electron chi connectivity index (χ3n) is 2.83. The number of hydrogen-bond donors (Lipinski definition) is 2. The van der Waals surface area contributed by atoms with Crippen molar-refractivity contribution in [1.82, 2.24) is 15.6 Å². The van der Waals surface area contributed by atoms with Crippen LogP contribution in [-0.2, 0) is 19.1 Å². The summed E-state index contributed by atoms with van der Waals surface area (Å²) in [6.07, 6.45) is -3.97. The SMILES string of the molecule is CCNC(=NCc1cc(Br)cs1)NCCc1nc(C(F)(F)F)cs1. The van der Waals surface area contributed by atoms with Crippen LogP contribution >= 0.6 is 38.6 Å². The Hall–Kier alpha value is -1.13. The van der Waals surface area contributed by atoms with Crippen molar-refractivity contribution in [3.63, 3.8) is 0 Å².